The summed E-state index contributed by atoms with van der Waals surface area (Å²) in [5.41, 5.74) is 1.94. The Morgan fingerprint density at radius 2 is 1.45 bits per heavy atom. The van der Waals surface area contributed by atoms with Crippen molar-refractivity contribution in [2.45, 2.75) is 43.8 Å². The number of carbonyl (C=O) groups is 2. The van der Waals surface area contributed by atoms with Crippen molar-refractivity contribution in [3.63, 3.8) is 0 Å². The van der Waals surface area contributed by atoms with Gasteiger partial charge in [0.2, 0.25) is 11.8 Å². The molecule has 0 aliphatic heterocycles. The highest BCUT2D eigenvalue weighted by molar-refractivity contribution is 9.10. The number of nitrogens with zero attached hydrogens (tertiary/aromatic N) is 2. The first-order valence-electron chi connectivity index (χ1n) is 14.2. The number of methoxy groups -OCH3 is 1. The monoisotopic (exact) mass is 677 g/mol. The highest BCUT2D eigenvalue weighted by atomic mass is 79.9. The van der Waals surface area contributed by atoms with Crippen LogP contribution < -0.4 is 14.4 Å². The van der Waals surface area contributed by atoms with Crippen molar-refractivity contribution in [2.24, 2.45) is 0 Å². The van der Waals surface area contributed by atoms with Gasteiger partial charge in [-0.3, -0.25) is 13.9 Å². The van der Waals surface area contributed by atoms with Gasteiger partial charge in [-0.1, -0.05) is 76.6 Å². The zero-order chi connectivity index (χ0) is 31.7. The summed E-state index contributed by atoms with van der Waals surface area (Å²) in [6.07, 6.45) is 0.243. The van der Waals surface area contributed by atoms with Crippen LogP contribution in [0.3, 0.4) is 0 Å². The Labute approximate surface area is 267 Å². The lowest BCUT2D eigenvalue weighted by Crippen LogP contribution is -2.54. The van der Waals surface area contributed by atoms with Gasteiger partial charge in [-0.05, 0) is 73.5 Å². The summed E-state index contributed by atoms with van der Waals surface area (Å²) in [6, 6.07) is 30.3. The normalized spacial score (nSPS) is 11.9. The van der Waals surface area contributed by atoms with E-state index in [-0.39, 0.29) is 35.5 Å². The minimum atomic E-state index is -4.17. The van der Waals surface area contributed by atoms with Gasteiger partial charge in [0.15, 0.2) is 0 Å². The molecule has 44 heavy (non-hydrogen) atoms. The zero-order valence-corrected chi connectivity index (χ0v) is 27.3. The van der Waals surface area contributed by atoms with E-state index in [4.69, 9.17) is 4.74 Å². The Balaban J connectivity index is 1.80. The second kappa shape index (κ2) is 15.0. The molecule has 10 heteroatoms. The lowest BCUT2D eigenvalue weighted by Gasteiger charge is -2.34. The maximum absolute atomic E-state index is 14.4. The van der Waals surface area contributed by atoms with E-state index in [1.165, 1.54) is 24.1 Å². The number of anilines is 1. The number of carbonyl (C=O) groups excluding carboxylic acids is 2. The minimum absolute atomic E-state index is 0.0422. The second-order valence-corrected chi connectivity index (χ2v) is 13.3. The maximum atomic E-state index is 14.4. The molecule has 4 aromatic carbocycles. The van der Waals surface area contributed by atoms with Gasteiger partial charge in [-0.15, -0.1) is 0 Å². The van der Waals surface area contributed by atoms with Gasteiger partial charge in [0, 0.05) is 23.5 Å². The number of sulfonamides is 1. The molecule has 0 saturated heterocycles. The first-order valence-corrected chi connectivity index (χ1v) is 16.4. The van der Waals surface area contributed by atoms with Crippen molar-refractivity contribution in [3.8, 4) is 5.75 Å². The van der Waals surface area contributed by atoms with E-state index in [9.17, 15) is 18.0 Å². The van der Waals surface area contributed by atoms with Crippen LogP contribution in [0.25, 0.3) is 0 Å². The SMILES string of the molecule is COc1ccc(N(CC(=O)N(Cc2cccc(Br)c2)[C@H](Cc2ccccc2)C(=O)NC(C)C)S(=O)(=O)c2ccccc2)cc1. The van der Waals surface area contributed by atoms with Gasteiger partial charge in [0.25, 0.3) is 10.0 Å². The van der Waals surface area contributed by atoms with Crippen LogP contribution in [0, 0.1) is 0 Å². The fourth-order valence-electron chi connectivity index (χ4n) is 4.76. The van der Waals surface area contributed by atoms with E-state index in [1.807, 2.05) is 68.4 Å². The van der Waals surface area contributed by atoms with Crippen LogP contribution in [-0.4, -0.2) is 50.9 Å². The fourth-order valence-corrected chi connectivity index (χ4v) is 6.65. The molecule has 0 aliphatic rings. The molecule has 1 N–H and O–H groups in total. The number of hydrogen-bond acceptors (Lipinski definition) is 5. The van der Waals surface area contributed by atoms with Gasteiger partial charge >= 0.3 is 0 Å². The summed E-state index contributed by atoms with van der Waals surface area (Å²) >= 11 is 3.50. The van der Waals surface area contributed by atoms with Crippen molar-refractivity contribution >= 4 is 43.5 Å². The van der Waals surface area contributed by atoms with Crippen LogP contribution in [-0.2, 0) is 32.6 Å². The van der Waals surface area contributed by atoms with Crippen LogP contribution >= 0.6 is 15.9 Å². The largest absolute Gasteiger partial charge is 0.497 e. The van der Waals surface area contributed by atoms with Crippen molar-refractivity contribution in [3.05, 3.63) is 125 Å². The van der Waals surface area contributed by atoms with Gasteiger partial charge in [0.05, 0.1) is 17.7 Å². The smallest absolute Gasteiger partial charge is 0.264 e. The number of hydrogen-bond donors (Lipinski definition) is 1. The van der Waals surface area contributed by atoms with Crippen LogP contribution in [0.15, 0.2) is 119 Å². The molecule has 0 heterocycles. The van der Waals surface area contributed by atoms with Gasteiger partial charge in [0.1, 0.15) is 18.3 Å². The number of ether oxygens (including phenoxy) is 1. The van der Waals surface area contributed by atoms with Crippen molar-refractivity contribution in [1.82, 2.24) is 10.2 Å². The van der Waals surface area contributed by atoms with E-state index < -0.39 is 28.5 Å². The van der Waals surface area contributed by atoms with Gasteiger partial charge in [-0.2, -0.15) is 0 Å². The molecule has 4 rings (SSSR count). The number of nitrogens with one attached hydrogen (secondary N) is 1. The predicted octanol–water partition coefficient (Wildman–Crippen LogP) is 5.82. The molecule has 8 nitrogen and oxygen atoms in total. The Morgan fingerprint density at radius 3 is 2.05 bits per heavy atom. The molecule has 0 fully saturated rings. The van der Waals surface area contributed by atoms with Crippen LogP contribution in [0.4, 0.5) is 5.69 Å². The zero-order valence-electron chi connectivity index (χ0n) is 24.9. The lowest BCUT2D eigenvalue weighted by molar-refractivity contribution is -0.140. The maximum Gasteiger partial charge on any atom is 0.264 e. The Morgan fingerprint density at radius 1 is 0.841 bits per heavy atom. The topological polar surface area (TPSA) is 96.0 Å². The average molecular weight is 679 g/mol. The molecule has 230 valence electrons. The van der Waals surface area contributed by atoms with Gasteiger partial charge < -0.3 is 15.0 Å². The summed E-state index contributed by atoms with van der Waals surface area (Å²) < 4.78 is 35.2. The van der Waals surface area contributed by atoms with Gasteiger partial charge in [-0.25, -0.2) is 8.42 Å². The summed E-state index contributed by atoms with van der Waals surface area (Å²) in [4.78, 5) is 29.7. The number of halogens is 1. The highest BCUT2D eigenvalue weighted by Crippen LogP contribution is 2.27. The summed E-state index contributed by atoms with van der Waals surface area (Å²) in [5, 5.41) is 2.96. The standard InChI is InChI=1S/C34H36BrN3O5S/c1-25(2)36-34(40)32(22-26-11-6-4-7-12-26)37(23-27-13-10-14-28(35)21-27)33(39)24-38(29-17-19-30(43-3)20-18-29)44(41,42)31-15-8-5-9-16-31/h4-21,25,32H,22-24H2,1-3H3,(H,36,40)/t32-/m1/s1. The third-order valence-electron chi connectivity index (χ3n) is 6.91. The van der Waals surface area contributed by atoms with E-state index >= 15 is 0 Å². The average Bonchev–Trinajstić information content (AvgIpc) is 3.02. The minimum Gasteiger partial charge on any atom is -0.497 e. The number of amides is 2. The highest BCUT2D eigenvalue weighted by Gasteiger charge is 2.34. The molecule has 2 amide bonds. The molecule has 0 aliphatic carbocycles. The first kappa shape index (κ1) is 32.8. The molecular formula is C34H36BrN3O5S. The third-order valence-corrected chi connectivity index (χ3v) is 9.20. The first-order chi connectivity index (χ1) is 21.1. The molecule has 0 unspecified atom stereocenters. The Bertz CT molecular complexity index is 1650. The van der Waals surface area contributed by atoms with Crippen molar-refractivity contribution in [2.75, 3.05) is 18.0 Å². The molecule has 0 spiro atoms. The van der Waals surface area contributed by atoms with Crippen LogP contribution in [0.2, 0.25) is 0 Å². The third kappa shape index (κ3) is 8.48. The van der Waals surface area contributed by atoms with Crippen LogP contribution in [0.1, 0.15) is 25.0 Å². The molecule has 4 aromatic rings. The second-order valence-electron chi connectivity index (χ2n) is 10.5. The van der Waals surface area contributed by atoms with Crippen molar-refractivity contribution in [1.29, 1.82) is 0 Å². The quantitative estimate of drug-likeness (QED) is 0.193. The van der Waals surface area contributed by atoms with E-state index in [0.717, 1.165) is 19.9 Å². The Kier molecular flexibility index (Phi) is 11.2. The summed E-state index contributed by atoms with van der Waals surface area (Å²) in [5.74, 6) is -0.309. The number of benzene rings is 4. The van der Waals surface area contributed by atoms with E-state index in [0.29, 0.717) is 5.75 Å². The molecule has 0 saturated carbocycles. The number of rotatable bonds is 13. The van der Waals surface area contributed by atoms with E-state index in [2.05, 4.69) is 21.2 Å². The fraction of sp³-hybridized carbons (Fsp3) is 0.235. The van der Waals surface area contributed by atoms with Crippen LogP contribution in [0.5, 0.6) is 5.75 Å². The molecule has 0 bridgehead atoms. The predicted molar refractivity (Wildman–Crippen MR) is 176 cm³/mol. The molecule has 0 radical (unpaired) electrons. The Hall–Kier alpha value is -4.15. The molecule has 1 atom stereocenters. The van der Waals surface area contributed by atoms with E-state index in [1.54, 1.807) is 42.5 Å². The molecular weight excluding hydrogens is 642 g/mol. The molecule has 0 aromatic heterocycles. The van der Waals surface area contributed by atoms with Crippen molar-refractivity contribution < 1.29 is 22.7 Å². The lowest BCUT2D eigenvalue weighted by atomic mass is 10.0. The summed E-state index contributed by atoms with van der Waals surface area (Å²) in [7, 11) is -2.65. The summed E-state index contributed by atoms with van der Waals surface area (Å²) in [6.45, 7) is 3.27.